The Morgan fingerprint density at radius 2 is 1.79 bits per heavy atom. The number of anilines is 1. The van der Waals surface area contributed by atoms with Gasteiger partial charge in [-0.05, 0) is 0 Å². The fourth-order valence-electron chi connectivity index (χ4n) is 1.82. The van der Waals surface area contributed by atoms with Gasteiger partial charge < -0.3 is 14.8 Å². The Morgan fingerprint density at radius 3 is 2.53 bits per heavy atom. The zero-order valence-corrected chi connectivity index (χ0v) is 10.9. The summed E-state index contributed by atoms with van der Waals surface area (Å²) >= 11 is 6.20. The summed E-state index contributed by atoms with van der Waals surface area (Å²) in [7, 11) is 0. The van der Waals surface area contributed by atoms with Crippen molar-refractivity contribution in [3.63, 3.8) is 0 Å². The minimum Gasteiger partial charge on any atom is -0.486 e. The normalized spacial score (nSPS) is 13.1. The number of nitrogens with one attached hydrogen (secondary N) is 1. The van der Waals surface area contributed by atoms with Crippen LogP contribution >= 0.6 is 11.6 Å². The second-order valence-corrected chi connectivity index (χ2v) is 4.48. The first-order valence-corrected chi connectivity index (χ1v) is 6.27. The summed E-state index contributed by atoms with van der Waals surface area (Å²) in [6, 6.07) is 3.61. The molecule has 2 aromatic rings. The van der Waals surface area contributed by atoms with Crippen molar-refractivity contribution in [2.75, 3.05) is 18.5 Å². The minimum absolute atomic E-state index is 0.553. The Morgan fingerprint density at radius 1 is 1.11 bits per heavy atom. The molecule has 2 heterocycles. The van der Waals surface area contributed by atoms with Gasteiger partial charge in [-0.3, -0.25) is 0 Å². The lowest BCUT2D eigenvalue weighted by Gasteiger charge is -2.20. The molecule has 1 N–H and O–H groups in total. The van der Waals surface area contributed by atoms with E-state index < -0.39 is 0 Å². The summed E-state index contributed by atoms with van der Waals surface area (Å²) in [4.78, 5) is 7.92. The van der Waals surface area contributed by atoms with E-state index >= 15 is 0 Å². The molecule has 0 aliphatic carbocycles. The van der Waals surface area contributed by atoms with Gasteiger partial charge in [-0.15, -0.1) is 0 Å². The summed E-state index contributed by atoms with van der Waals surface area (Å²) in [5.74, 6) is 1.40. The highest BCUT2D eigenvalue weighted by Crippen LogP contribution is 2.38. The highest BCUT2D eigenvalue weighted by molar-refractivity contribution is 6.33. The Hall–Kier alpha value is -2.01. The SMILES string of the molecule is Clc1cc2c(cc1NCc1cncnc1)OCCO2. The number of halogens is 1. The van der Waals surface area contributed by atoms with Crippen molar-refractivity contribution in [1.29, 1.82) is 0 Å². The lowest BCUT2D eigenvalue weighted by atomic mass is 10.2. The predicted molar refractivity (Wildman–Crippen MR) is 71.8 cm³/mol. The molecule has 0 radical (unpaired) electrons. The van der Waals surface area contributed by atoms with Crippen LogP contribution in [0.5, 0.6) is 11.5 Å². The second kappa shape index (κ2) is 5.32. The van der Waals surface area contributed by atoms with Crippen molar-refractivity contribution in [2.24, 2.45) is 0 Å². The van der Waals surface area contributed by atoms with Gasteiger partial charge in [0.25, 0.3) is 0 Å². The van der Waals surface area contributed by atoms with Crippen LogP contribution in [0, 0.1) is 0 Å². The fraction of sp³-hybridized carbons (Fsp3) is 0.231. The standard InChI is InChI=1S/C13H12ClN3O2/c14-10-3-12-13(19-2-1-18-12)4-11(10)17-7-9-5-15-8-16-6-9/h3-6,8,17H,1-2,7H2. The van der Waals surface area contributed by atoms with Crippen molar-refractivity contribution >= 4 is 17.3 Å². The number of rotatable bonds is 3. The van der Waals surface area contributed by atoms with Crippen molar-refractivity contribution in [2.45, 2.75) is 6.54 Å². The average molecular weight is 278 g/mol. The molecule has 3 rings (SSSR count). The molecule has 19 heavy (non-hydrogen) atoms. The third-order valence-corrected chi connectivity index (χ3v) is 3.04. The van der Waals surface area contributed by atoms with Crippen molar-refractivity contribution in [3.05, 3.63) is 41.4 Å². The van der Waals surface area contributed by atoms with Crippen molar-refractivity contribution < 1.29 is 9.47 Å². The van der Waals surface area contributed by atoms with Gasteiger partial charge in [0.15, 0.2) is 11.5 Å². The van der Waals surface area contributed by atoms with E-state index in [1.807, 2.05) is 6.07 Å². The maximum atomic E-state index is 6.20. The third kappa shape index (κ3) is 2.71. The van der Waals surface area contributed by atoms with Crippen LogP contribution in [0.25, 0.3) is 0 Å². The lowest BCUT2D eigenvalue weighted by molar-refractivity contribution is 0.171. The summed E-state index contributed by atoms with van der Waals surface area (Å²) < 4.78 is 11.0. The van der Waals surface area contributed by atoms with Crippen molar-refractivity contribution in [1.82, 2.24) is 9.97 Å². The summed E-state index contributed by atoms with van der Waals surface area (Å²) in [6.45, 7) is 1.71. The first-order chi connectivity index (χ1) is 9.33. The van der Waals surface area contributed by atoms with E-state index in [4.69, 9.17) is 21.1 Å². The smallest absolute Gasteiger partial charge is 0.163 e. The van der Waals surface area contributed by atoms with Crippen LogP contribution in [-0.4, -0.2) is 23.2 Å². The molecule has 1 aliphatic heterocycles. The highest BCUT2D eigenvalue weighted by atomic mass is 35.5. The highest BCUT2D eigenvalue weighted by Gasteiger charge is 2.14. The Labute approximate surface area is 115 Å². The van der Waals surface area contributed by atoms with Gasteiger partial charge in [-0.25, -0.2) is 9.97 Å². The molecule has 0 amide bonds. The Kier molecular flexibility index (Phi) is 3.37. The number of fused-ring (bicyclic) bond motifs is 1. The van der Waals surface area contributed by atoms with Gasteiger partial charge in [0, 0.05) is 36.6 Å². The van der Waals surface area contributed by atoms with Crippen LogP contribution in [0.15, 0.2) is 30.9 Å². The first kappa shape index (κ1) is 12.0. The molecule has 5 nitrogen and oxygen atoms in total. The number of aromatic nitrogens is 2. The topological polar surface area (TPSA) is 56.3 Å². The second-order valence-electron chi connectivity index (χ2n) is 4.08. The number of nitrogens with zero attached hydrogens (tertiary/aromatic N) is 2. The molecule has 1 aromatic carbocycles. The quantitative estimate of drug-likeness (QED) is 0.934. The van der Waals surface area contributed by atoms with E-state index in [-0.39, 0.29) is 0 Å². The molecular weight excluding hydrogens is 266 g/mol. The van der Waals surface area contributed by atoms with Gasteiger partial charge in [-0.2, -0.15) is 0 Å². The third-order valence-electron chi connectivity index (χ3n) is 2.73. The Bertz CT molecular complexity index is 578. The molecule has 0 saturated heterocycles. The zero-order chi connectivity index (χ0) is 13.1. The molecule has 6 heteroatoms. The summed E-state index contributed by atoms with van der Waals surface area (Å²) in [5, 5.41) is 3.83. The molecule has 0 unspecified atom stereocenters. The number of hydrogen-bond acceptors (Lipinski definition) is 5. The first-order valence-electron chi connectivity index (χ1n) is 5.90. The van der Waals surface area contributed by atoms with E-state index in [0.29, 0.717) is 36.3 Å². The van der Waals surface area contributed by atoms with Crippen LogP contribution in [0.2, 0.25) is 5.02 Å². The molecular formula is C13H12ClN3O2. The predicted octanol–water partition coefficient (Wildman–Crippen LogP) is 2.51. The maximum Gasteiger partial charge on any atom is 0.163 e. The molecule has 0 bridgehead atoms. The van der Waals surface area contributed by atoms with Gasteiger partial charge in [0.05, 0.1) is 10.7 Å². The monoisotopic (exact) mass is 277 g/mol. The van der Waals surface area contributed by atoms with E-state index in [1.165, 1.54) is 6.33 Å². The number of benzene rings is 1. The zero-order valence-electron chi connectivity index (χ0n) is 10.1. The van der Waals surface area contributed by atoms with E-state index in [1.54, 1.807) is 18.5 Å². The fourth-order valence-corrected chi connectivity index (χ4v) is 2.04. The average Bonchev–Trinajstić information content (AvgIpc) is 2.46. The van der Waals surface area contributed by atoms with Crippen LogP contribution in [0.3, 0.4) is 0 Å². The molecule has 1 aliphatic rings. The Balaban J connectivity index is 1.77. The molecule has 0 atom stereocenters. The van der Waals surface area contributed by atoms with Gasteiger partial charge in [0.1, 0.15) is 19.5 Å². The van der Waals surface area contributed by atoms with Crippen LogP contribution in [0.1, 0.15) is 5.56 Å². The van der Waals surface area contributed by atoms with E-state index in [0.717, 1.165) is 11.3 Å². The van der Waals surface area contributed by atoms with Crippen LogP contribution < -0.4 is 14.8 Å². The van der Waals surface area contributed by atoms with Crippen LogP contribution in [0.4, 0.5) is 5.69 Å². The molecule has 98 valence electrons. The minimum atomic E-state index is 0.553. The molecule has 0 fully saturated rings. The summed E-state index contributed by atoms with van der Waals surface area (Å²) in [5.41, 5.74) is 1.78. The van der Waals surface area contributed by atoms with E-state index in [9.17, 15) is 0 Å². The number of hydrogen-bond donors (Lipinski definition) is 1. The van der Waals surface area contributed by atoms with Gasteiger partial charge in [0.2, 0.25) is 0 Å². The van der Waals surface area contributed by atoms with Gasteiger partial charge >= 0.3 is 0 Å². The van der Waals surface area contributed by atoms with E-state index in [2.05, 4.69) is 15.3 Å². The largest absolute Gasteiger partial charge is 0.486 e. The van der Waals surface area contributed by atoms with Gasteiger partial charge in [-0.1, -0.05) is 11.6 Å². The number of ether oxygens (including phenoxy) is 2. The molecule has 0 spiro atoms. The maximum absolute atomic E-state index is 6.20. The summed E-state index contributed by atoms with van der Waals surface area (Å²) in [6.07, 6.45) is 5.01. The molecule has 1 aromatic heterocycles. The van der Waals surface area contributed by atoms with Crippen LogP contribution in [-0.2, 0) is 6.54 Å². The molecule has 0 saturated carbocycles. The van der Waals surface area contributed by atoms with Crippen molar-refractivity contribution in [3.8, 4) is 11.5 Å². The lowest BCUT2D eigenvalue weighted by Crippen LogP contribution is -2.15.